The maximum absolute atomic E-state index is 5.51. The Morgan fingerprint density at radius 3 is 2.33 bits per heavy atom. The molecule has 0 aliphatic carbocycles. The fourth-order valence-corrected chi connectivity index (χ4v) is 0.406. The SMILES string of the molecule is CC=CCC(N)=C(C)N. The molecule has 0 bridgehead atoms. The van der Waals surface area contributed by atoms with Crippen LogP contribution in [0.2, 0.25) is 0 Å². The standard InChI is InChI=1S/C7H14N2/c1-3-4-5-7(9)6(2)8/h3-4H,5,8-9H2,1-2H3. The van der Waals surface area contributed by atoms with Crippen LogP contribution in [0.1, 0.15) is 20.3 Å². The summed E-state index contributed by atoms with van der Waals surface area (Å²) in [4.78, 5) is 0. The summed E-state index contributed by atoms with van der Waals surface area (Å²) < 4.78 is 0. The summed E-state index contributed by atoms with van der Waals surface area (Å²) in [6.07, 6.45) is 4.69. The Balaban J connectivity index is 3.77. The first-order valence-electron chi connectivity index (χ1n) is 3.00. The molecule has 52 valence electrons. The highest BCUT2D eigenvalue weighted by Crippen LogP contribution is 1.96. The van der Waals surface area contributed by atoms with E-state index in [9.17, 15) is 0 Å². The second kappa shape index (κ2) is 4.01. The van der Waals surface area contributed by atoms with E-state index in [1.54, 1.807) is 6.92 Å². The molecular weight excluding hydrogens is 112 g/mol. The predicted molar refractivity (Wildman–Crippen MR) is 40.5 cm³/mol. The van der Waals surface area contributed by atoms with Gasteiger partial charge in [0.25, 0.3) is 0 Å². The molecule has 2 heteroatoms. The maximum atomic E-state index is 5.51. The molecule has 0 radical (unpaired) electrons. The zero-order valence-electron chi connectivity index (χ0n) is 6.02. The van der Waals surface area contributed by atoms with Crippen molar-refractivity contribution < 1.29 is 0 Å². The van der Waals surface area contributed by atoms with Crippen LogP contribution in [0, 0.1) is 0 Å². The summed E-state index contributed by atoms with van der Waals surface area (Å²) in [6.45, 7) is 3.76. The van der Waals surface area contributed by atoms with Crippen LogP contribution in [-0.4, -0.2) is 0 Å². The molecule has 0 atom stereocenters. The van der Waals surface area contributed by atoms with Crippen LogP contribution >= 0.6 is 0 Å². The Morgan fingerprint density at radius 2 is 2.00 bits per heavy atom. The zero-order chi connectivity index (χ0) is 7.28. The Bertz CT molecular complexity index is 130. The smallest absolute Gasteiger partial charge is 0.0306 e. The molecule has 0 aliphatic rings. The highest BCUT2D eigenvalue weighted by atomic mass is 14.7. The molecule has 0 fully saturated rings. The van der Waals surface area contributed by atoms with Gasteiger partial charge in [-0.15, -0.1) is 0 Å². The average Bonchev–Trinajstić information content (AvgIpc) is 1.82. The molecule has 0 unspecified atom stereocenters. The molecule has 0 saturated heterocycles. The molecule has 0 aromatic heterocycles. The summed E-state index contributed by atoms with van der Waals surface area (Å²) in [5.41, 5.74) is 12.4. The fourth-order valence-electron chi connectivity index (χ4n) is 0.406. The lowest BCUT2D eigenvalue weighted by atomic mass is 10.2. The van der Waals surface area contributed by atoms with Crippen molar-refractivity contribution in [2.24, 2.45) is 11.5 Å². The molecule has 0 amide bonds. The van der Waals surface area contributed by atoms with E-state index < -0.39 is 0 Å². The zero-order valence-corrected chi connectivity index (χ0v) is 6.02. The van der Waals surface area contributed by atoms with Crippen LogP contribution in [0.3, 0.4) is 0 Å². The van der Waals surface area contributed by atoms with Crippen molar-refractivity contribution in [2.75, 3.05) is 0 Å². The van der Waals surface area contributed by atoms with Crippen LogP contribution in [0.5, 0.6) is 0 Å². The maximum Gasteiger partial charge on any atom is 0.0306 e. The first kappa shape index (κ1) is 8.08. The second-order valence-electron chi connectivity index (χ2n) is 1.98. The van der Waals surface area contributed by atoms with Gasteiger partial charge < -0.3 is 11.5 Å². The largest absolute Gasteiger partial charge is 0.401 e. The van der Waals surface area contributed by atoms with Gasteiger partial charge >= 0.3 is 0 Å². The number of nitrogens with two attached hydrogens (primary N) is 2. The Hall–Kier alpha value is -0.920. The molecule has 2 nitrogen and oxygen atoms in total. The van der Waals surface area contributed by atoms with E-state index in [-0.39, 0.29) is 0 Å². The molecule has 0 saturated carbocycles. The Labute approximate surface area is 56.2 Å². The number of rotatable bonds is 2. The summed E-state index contributed by atoms with van der Waals surface area (Å²) in [5, 5.41) is 0. The van der Waals surface area contributed by atoms with Crippen molar-refractivity contribution in [1.29, 1.82) is 0 Å². The van der Waals surface area contributed by atoms with Crippen molar-refractivity contribution in [1.82, 2.24) is 0 Å². The van der Waals surface area contributed by atoms with E-state index in [1.807, 2.05) is 19.1 Å². The molecule has 4 N–H and O–H groups in total. The van der Waals surface area contributed by atoms with E-state index in [4.69, 9.17) is 11.5 Å². The minimum Gasteiger partial charge on any atom is -0.401 e. The van der Waals surface area contributed by atoms with Gasteiger partial charge in [-0.3, -0.25) is 0 Å². The van der Waals surface area contributed by atoms with Gasteiger partial charge in [0.2, 0.25) is 0 Å². The third kappa shape index (κ3) is 3.64. The monoisotopic (exact) mass is 126 g/mol. The van der Waals surface area contributed by atoms with Gasteiger partial charge in [-0.2, -0.15) is 0 Å². The van der Waals surface area contributed by atoms with Gasteiger partial charge in [-0.25, -0.2) is 0 Å². The van der Waals surface area contributed by atoms with Gasteiger partial charge in [-0.05, 0) is 13.8 Å². The van der Waals surface area contributed by atoms with E-state index in [2.05, 4.69) is 0 Å². The van der Waals surface area contributed by atoms with Crippen molar-refractivity contribution in [3.8, 4) is 0 Å². The fraction of sp³-hybridized carbons (Fsp3) is 0.429. The average molecular weight is 126 g/mol. The molecule has 9 heavy (non-hydrogen) atoms. The molecule has 0 rings (SSSR count). The summed E-state index contributed by atoms with van der Waals surface area (Å²) in [6, 6.07) is 0. The molecular formula is C7H14N2. The summed E-state index contributed by atoms with van der Waals surface area (Å²) in [7, 11) is 0. The minimum absolute atomic E-state index is 0.716. The van der Waals surface area contributed by atoms with Crippen LogP contribution in [0.15, 0.2) is 23.5 Å². The Kier molecular flexibility index (Phi) is 3.60. The van der Waals surface area contributed by atoms with Crippen LogP contribution in [0.4, 0.5) is 0 Å². The van der Waals surface area contributed by atoms with Crippen molar-refractivity contribution in [3.63, 3.8) is 0 Å². The highest BCUT2D eigenvalue weighted by Gasteiger charge is 1.87. The van der Waals surface area contributed by atoms with Gasteiger partial charge in [-0.1, -0.05) is 12.2 Å². The van der Waals surface area contributed by atoms with Gasteiger partial charge in [0.05, 0.1) is 0 Å². The third-order valence-electron chi connectivity index (χ3n) is 1.08. The summed E-state index contributed by atoms with van der Waals surface area (Å²) >= 11 is 0. The minimum atomic E-state index is 0.716. The number of hydrogen-bond acceptors (Lipinski definition) is 2. The lowest BCUT2D eigenvalue weighted by Crippen LogP contribution is -2.05. The number of hydrogen-bond donors (Lipinski definition) is 2. The lowest BCUT2D eigenvalue weighted by molar-refractivity contribution is 1.08. The molecule has 0 spiro atoms. The Morgan fingerprint density at radius 1 is 1.44 bits per heavy atom. The van der Waals surface area contributed by atoms with Crippen LogP contribution in [-0.2, 0) is 0 Å². The van der Waals surface area contributed by atoms with Gasteiger partial charge in [0, 0.05) is 17.8 Å². The topological polar surface area (TPSA) is 52.0 Å². The van der Waals surface area contributed by atoms with Crippen molar-refractivity contribution >= 4 is 0 Å². The van der Waals surface area contributed by atoms with Crippen molar-refractivity contribution in [3.05, 3.63) is 23.5 Å². The molecule has 0 aromatic rings. The quantitative estimate of drug-likeness (QED) is 0.544. The van der Waals surface area contributed by atoms with E-state index in [0.717, 1.165) is 12.1 Å². The predicted octanol–water partition coefficient (Wildman–Crippen LogP) is 1.10. The van der Waals surface area contributed by atoms with Crippen LogP contribution < -0.4 is 11.5 Å². The van der Waals surface area contributed by atoms with Gasteiger partial charge in [0.1, 0.15) is 0 Å². The molecule has 0 aromatic carbocycles. The van der Waals surface area contributed by atoms with Gasteiger partial charge in [0.15, 0.2) is 0 Å². The first-order valence-corrected chi connectivity index (χ1v) is 3.00. The normalized spacial score (nSPS) is 14.0. The van der Waals surface area contributed by atoms with Crippen molar-refractivity contribution in [2.45, 2.75) is 20.3 Å². The first-order chi connectivity index (χ1) is 4.18. The lowest BCUT2D eigenvalue weighted by Gasteiger charge is -1.97. The highest BCUT2D eigenvalue weighted by molar-refractivity contribution is 5.08. The third-order valence-corrected chi connectivity index (χ3v) is 1.08. The second-order valence-corrected chi connectivity index (χ2v) is 1.98. The van der Waals surface area contributed by atoms with E-state index in [1.165, 1.54) is 0 Å². The summed E-state index contributed by atoms with van der Waals surface area (Å²) in [5.74, 6) is 0. The number of allylic oxidation sites excluding steroid dienone is 3. The molecule has 0 aliphatic heterocycles. The van der Waals surface area contributed by atoms with E-state index >= 15 is 0 Å². The molecule has 0 heterocycles. The van der Waals surface area contributed by atoms with Crippen LogP contribution in [0.25, 0.3) is 0 Å². The van der Waals surface area contributed by atoms with E-state index in [0.29, 0.717) is 5.70 Å².